The second-order valence-corrected chi connectivity index (χ2v) is 4.13. The van der Waals surface area contributed by atoms with Gasteiger partial charge in [-0.2, -0.15) is 0 Å². The zero-order valence-electron chi connectivity index (χ0n) is 10.6. The molecule has 1 heterocycles. The highest BCUT2D eigenvalue weighted by Gasteiger charge is 2.19. The average Bonchev–Trinajstić information content (AvgIpc) is 2.82. The second kappa shape index (κ2) is 5.73. The molecule has 0 amide bonds. The van der Waals surface area contributed by atoms with E-state index in [2.05, 4.69) is 22.6 Å². The summed E-state index contributed by atoms with van der Waals surface area (Å²) >= 11 is 0. The number of nitrogens with zero attached hydrogens (tertiary/aromatic N) is 3. The predicted octanol–water partition coefficient (Wildman–Crippen LogP) is 2.14. The van der Waals surface area contributed by atoms with Crippen molar-refractivity contribution in [3.63, 3.8) is 0 Å². The van der Waals surface area contributed by atoms with E-state index in [-0.39, 0.29) is 11.9 Å². The van der Waals surface area contributed by atoms with Crippen LogP contribution in [-0.2, 0) is 6.54 Å². The van der Waals surface area contributed by atoms with Crippen LogP contribution < -0.4 is 5.32 Å². The van der Waals surface area contributed by atoms with Crippen molar-refractivity contribution in [2.24, 2.45) is 0 Å². The standard InChI is InChI=1S/C13H17FN4/c1-3-8-18-12(9-16-17-18)13(15-2)10-6-4-5-7-11(10)14/h4-7,9,13,15H,3,8H2,1-2H3. The molecule has 0 aliphatic rings. The molecule has 0 spiro atoms. The van der Waals surface area contributed by atoms with E-state index in [1.165, 1.54) is 6.07 Å². The predicted molar refractivity (Wildman–Crippen MR) is 67.6 cm³/mol. The Morgan fingerprint density at radius 2 is 2.17 bits per heavy atom. The Hall–Kier alpha value is -1.75. The van der Waals surface area contributed by atoms with Crippen molar-refractivity contribution in [3.8, 4) is 0 Å². The Labute approximate surface area is 106 Å². The maximum atomic E-state index is 13.8. The van der Waals surface area contributed by atoms with E-state index in [1.807, 2.05) is 10.7 Å². The van der Waals surface area contributed by atoms with Gasteiger partial charge >= 0.3 is 0 Å². The molecule has 0 radical (unpaired) electrons. The van der Waals surface area contributed by atoms with Crippen molar-refractivity contribution >= 4 is 0 Å². The largest absolute Gasteiger partial charge is 0.308 e. The monoisotopic (exact) mass is 248 g/mol. The molecule has 0 saturated heterocycles. The molecule has 2 rings (SSSR count). The van der Waals surface area contributed by atoms with Crippen molar-refractivity contribution in [3.05, 3.63) is 47.5 Å². The van der Waals surface area contributed by atoms with Gasteiger partial charge in [-0.1, -0.05) is 30.3 Å². The van der Waals surface area contributed by atoms with Gasteiger partial charge in [0.15, 0.2) is 0 Å². The lowest BCUT2D eigenvalue weighted by Gasteiger charge is -2.18. The first-order chi connectivity index (χ1) is 8.77. The van der Waals surface area contributed by atoms with Crippen LogP contribution in [-0.4, -0.2) is 22.0 Å². The molecule has 1 unspecified atom stereocenters. The number of hydrogen-bond donors (Lipinski definition) is 1. The second-order valence-electron chi connectivity index (χ2n) is 4.13. The van der Waals surface area contributed by atoms with E-state index in [1.54, 1.807) is 25.4 Å². The molecule has 1 aromatic carbocycles. The lowest BCUT2D eigenvalue weighted by molar-refractivity contribution is 0.509. The van der Waals surface area contributed by atoms with Crippen molar-refractivity contribution in [1.29, 1.82) is 0 Å². The van der Waals surface area contributed by atoms with Crippen molar-refractivity contribution in [2.45, 2.75) is 25.9 Å². The van der Waals surface area contributed by atoms with Crippen LogP contribution >= 0.6 is 0 Å². The lowest BCUT2D eigenvalue weighted by Crippen LogP contribution is -2.22. The summed E-state index contributed by atoms with van der Waals surface area (Å²) in [5.74, 6) is -0.221. The third kappa shape index (κ3) is 2.41. The molecule has 0 bridgehead atoms. The van der Waals surface area contributed by atoms with Crippen LogP contribution in [0, 0.1) is 5.82 Å². The van der Waals surface area contributed by atoms with Gasteiger partial charge in [0.1, 0.15) is 5.82 Å². The summed E-state index contributed by atoms with van der Waals surface area (Å²) in [7, 11) is 1.81. The minimum Gasteiger partial charge on any atom is -0.308 e. The van der Waals surface area contributed by atoms with Crippen LogP contribution in [0.5, 0.6) is 0 Å². The van der Waals surface area contributed by atoms with E-state index in [0.717, 1.165) is 18.7 Å². The normalized spacial score (nSPS) is 12.6. The minimum absolute atomic E-state index is 0.221. The molecule has 4 nitrogen and oxygen atoms in total. The number of hydrogen-bond acceptors (Lipinski definition) is 3. The molecule has 0 saturated carbocycles. The van der Waals surface area contributed by atoms with E-state index < -0.39 is 0 Å². The fourth-order valence-electron chi connectivity index (χ4n) is 2.05. The molecular weight excluding hydrogens is 231 g/mol. The Morgan fingerprint density at radius 1 is 1.39 bits per heavy atom. The van der Waals surface area contributed by atoms with Crippen LogP contribution in [0.15, 0.2) is 30.5 Å². The van der Waals surface area contributed by atoms with Gasteiger partial charge in [0, 0.05) is 12.1 Å². The molecule has 1 atom stereocenters. The molecule has 5 heteroatoms. The van der Waals surface area contributed by atoms with Crippen LogP contribution in [0.4, 0.5) is 4.39 Å². The SMILES string of the molecule is CCCn1nncc1C(NC)c1ccccc1F. The summed E-state index contributed by atoms with van der Waals surface area (Å²) in [5.41, 5.74) is 1.49. The number of rotatable bonds is 5. The first-order valence-electron chi connectivity index (χ1n) is 6.08. The summed E-state index contributed by atoms with van der Waals surface area (Å²) in [6.45, 7) is 2.85. The lowest BCUT2D eigenvalue weighted by atomic mass is 10.0. The Balaban J connectivity index is 2.39. The number of halogens is 1. The van der Waals surface area contributed by atoms with Crippen LogP contribution in [0.25, 0.3) is 0 Å². The fourth-order valence-corrected chi connectivity index (χ4v) is 2.05. The van der Waals surface area contributed by atoms with Crippen molar-refractivity contribution in [1.82, 2.24) is 20.3 Å². The minimum atomic E-state index is -0.229. The van der Waals surface area contributed by atoms with E-state index in [0.29, 0.717) is 5.56 Å². The third-order valence-electron chi connectivity index (χ3n) is 2.88. The summed E-state index contributed by atoms with van der Waals surface area (Å²) in [4.78, 5) is 0. The first kappa shape index (κ1) is 12.7. The highest BCUT2D eigenvalue weighted by Crippen LogP contribution is 2.23. The molecule has 1 N–H and O–H groups in total. The number of benzene rings is 1. The molecular formula is C13H17FN4. The van der Waals surface area contributed by atoms with Gasteiger partial charge in [-0.15, -0.1) is 5.10 Å². The Bertz CT molecular complexity index is 509. The number of aromatic nitrogens is 3. The summed E-state index contributed by atoms with van der Waals surface area (Å²) in [6.07, 6.45) is 2.65. The molecule has 0 fully saturated rings. The van der Waals surface area contributed by atoms with Gasteiger partial charge in [0.2, 0.25) is 0 Å². The molecule has 18 heavy (non-hydrogen) atoms. The number of nitrogens with one attached hydrogen (secondary N) is 1. The third-order valence-corrected chi connectivity index (χ3v) is 2.88. The van der Waals surface area contributed by atoms with Crippen LogP contribution in [0.1, 0.15) is 30.6 Å². The van der Waals surface area contributed by atoms with Gasteiger partial charge in [-0.3, -0.25) is 0 Å². The van der Waals surface area contributed by atoms with Crippen molar-refractivity contribution in [2.75, 3.05) is 7.05 Å². The quantitative estimate of drug-likeness (QED) is 0.881. The Morgan fingerprint density at radius 3 is 2.83 bits per heavy atom. The molecule has 0 aliphatic heterocycles. The first-order valence-corrected chi connectivity index (χ1v) is 6.08. The highest BCUT2D eigenvalue weighted by atomic mass is 19.1. The average molecular weight is 248 g/mol. The molecule has 1 aromatic heterocycles. The topological polar surface area (TPSA) is 42.7 Å². The summed E-state index contributed by atoms with van der Waals surface area (Å²) < 4.78 is 15.7. The van der Waals surface area contributed by atoms with Crippen LogP contribution in [0.3, 0.4) is 0 Å². The fraction of sp³-hybridized carbons (Fsp3) is 0.385. The molecule has 2 aromatic rings. The van der Waals surface area contributed by atoms with Crippen LogP contribution in [0.2, 0.25) is 0 Å². The van der Waals surface area contributed by atoms with E-state index in [4.69, 9.17) is 0 Å². The van der Waals surface area contributed by atoms with Crippen molar-refractivity contribution < 1.29 is 4.39 Å². The number of aryl methyl sites for hydroxylation is 1. The van der Waals surface area contributed by atoms with Gasteiger partial charge in [0.05, 0.1) is 17.9 Å². The zero-order chi connectivity index (χ0) is 13.0. The highest BCUT2D eigenvalue weighted by molar-refractivity contribution is 5.28. The van der Waals surface area contributed by atoms with Gasteiger partial charge < -0.3 is 5.32 Å². The summed E-state index contributed by atoms with van der Waals surface area (Å²) in [6, 6.07) is 6.53. The molecule has 96 valence electrons. The van der Waals surface area contributed by atoms with Gasteiger partial charge in [-0.05, 0) is 19.5 Å². The van der Waals surface area contributed by atoms with E-state index in [9.17, 15) is 4.39 Å². The van der Waals surface area contributed by atoms with Gasteiger partial charge in [0.25, 0.3) is 0 Å². The maximum Gasteiger partial charge on any atom is 0.128 e. The maximum absolute atomic E-state index is 13.8. The molecule has 0 aliphatic carbocycles. The Kier molecular flexibility index (Phi) is 4.04. The zero-order valence-corrected chi connectivity index (χ0v) is 10.6. The van der Waals surface area contributed by atoms with Gasteiger partial charge in [-0.25, -0.2) is 9.07 Å². The smallest absolute Gasteiger partial charge is 0.128 e. The summed E-state index contributed by atoms with van der Waals surface area (Å²) in [5, 5.41) is 11.1. The van der Waals surface area contributed by atoms with E-state index >= 15 is 0 Å².